The average molecular weight is 326 g/mol. The highest BCUT2D eigenvalue weighted by molar-refractivity contribution is 9.11. The van der Waals surface area contributed by atoms with Gasteiger partial charge in [0.2, 0.25) is 0 Å². The number of aromatic nitrogens is 1. The Kier molecular flexibility index (Phi) is 3.54. The Balaban J connectivity index is 2.36. The van der Waals surface area contributed by atoms with Crippen molar-refractivity contribution >= 4 is 39.7 Å². The summed E-state index contributed by atoms with van der Waals surface area (Å²) in [6, 6.07) is 3.53. The number of nitrogens with zero attached hydrogens (tertiary/aromatic N) is 2. The van der Waals surface area contributed by atoms with Gasteiger partial charge in [-0.15, -0.1) is 0 Å². The molecular formula is C13H16BrN3O2. The molecule has 2 rings (SSSR count). The fourth-order valence-electron chi connectivity index (χ4n) is 1.71. The maximum absolute atomic E-state index is 12.2. The van der Waals surface area contributed by atoms with Crippen LogP contribution in [0.5, 0.6) is 0 Å². The fraction of sp³-hybridized carbons (Fsp3) is 0.385. The minimum atomic E-state index is -0.550. The summed E-state index contributed by atoms with van der Waals surface area (Å²) in [5.41, 5.74) is 5.97. The summed E-state index contributed by atoms with van der Waals surface area (Å²) < 4.78 is 6.27. The molecule has 6 heteroatoms. The van der Waals surface area contributed by atoms with Gasteiger partial charge in [0.05, 0.1) is 6.54 Å². The van der Waals surface area contributed by atoms with Crippen LogP contribution in [0.15, 0.2) is 16.6 Å². The highest BCUT2D eigenvalue weighted by Gasteiger charge is 2.28. The fourth-order valence-corrected chi connectivity index (χ4v) is 2.21. The smallest absolute Gasteiger partial charge is 0.416 e. The van der Waals surface area contributed by atoms with Gasteiger partial charge in [0.25, 0.3) is 0 Å². The van der Waals surface area contributed by atoms with Crippen molar-refractivity contribution in [3.05, 3.63) is 22.2 Å². The van der Waals surface area contributed by atoms with Gasteiger partial charge >= 0.3 is 6.09 Å². The maximum Gasteiger partial charge on any atom is 0.416 e. The summed E-state index contributed by atoms with van der Waals surface area (Å²) in [5, 5.41) is 0. The number of halogens is 1. The van der Waals surface area contributed by atoms with Crippen molar-refractivity contribution in [3.8, 4) is 0 Å². The maximum atomic E-state index is 12.2. The second-order valence-corrected chi connectivity index (χ2v) is 6.33. The highest BCUT2D eigenvalue weighted by atomic mass is 79.9. The summed E-state index contributed by atoms with van der Waals surface area (Å²) >= 11 is 3.42. The van der Waals surface area contributed by atoms with Crippen LogP contribution in [0.3, 0.4) is 0 Å². The normalized spacial score (nSPS) is 14.7. The first kappa shape index (κ1) is 13.9. The second-order valence-electron chi connectivity index (χ2n) is 5.31. The minimum Gasteiger partial charge on any atom is -0.443 e. The molecule has 0 saturated heterocycles. The molecule has 2 heterocycles. The van der Waals surface area contributed by atoms with E-state index in [1.807, 2.05) is 32.9 Å². The monoisotopic (exact) mass is 325 g/mol. The number of nitrogen functional groups attached to an aromatic ring is 1. The Morgan fingerprint density at radius 1 is 1.47 bits per heavy atom. The van der Waals surface area contributed by atoms with E-state index in [9.17, 15) is 4.79 Å². The molecule has 0 saturated carbocycles. The quantitative estimate of drug-likeness (QED) is 0.795. The van der Waals surface area contributed by atoms with Crippen LogP contribution in [0.4, 0.5) is 16.4 Å². The first-order valence-electron chi connectivity index (χ1n) is 5.89. The van der Waals surface area contributed by atoms with Gasteiger partial charge in [-0.25, -0.2) is 9.78 Å². The lowest BCUT2D eigenvalue weighted by molar-refractivity contribution is 0.0582. The third-order valence-electron chi connectivity index (χ3n) is 2.42. The lowest BCUT2D eigenvalue weighted by Crippen LogP contribution is -2.39. The summed E-state index contributed by atoms with van der Waals surface area (Å²) in [4.78, 5) is 17.9. The molecular weight excluding hydrogens is 310 g/mol. The van der Waals surface area contributed by atoms with Gasteiger partial charge in [0.1, 0.15) is 17.2 Å². The number of nitrogens with two attached hydrogens (primary N) is 1. The molecule has 1 aliphatic heterocycles. The molecule has 1 amide bonds. The molecule has 0 radical (unpaired) electrons. The van der Waals surface area contributed by atoms with E-state index in [1.165, 1.54) is 4.90 Å². The Bertz CT molecular complexity index is 549. The van der Waals surface area contributed by atoms with Crippen LogP contribution in [0.2, 0.25) is 0 Å². The third kappa shape index (κ3) is 3.26. The van der Waals surface area contributed by atoms with Crippen LogP contribution in [0.25, 0.3) is 6.08 Å². The first-order valence-corrected chi connectivity index (χ1v) is 6.69. The molecule has 5 nitrogen and oxygen atoms in total. The molecule has 1 aromatic heterocycles. The van der Waals surface area contributed by atoms with E-state index in [0.717, 1.165) is 10.0 Å². The molecule has 0 atom stereocenters. The van der Waals surface area contributed by atoms with Crippen molar-refractivity contribution < 1.29 is 9.53 Å². The number of hydrogen-bond acceptors (Lipinski definition) is 4. The second kappa shape index (κ2) is 4.85. The minimum absolute atomic E-state index is 0.374. The predicted molar refractivity (Wildman–Crippen MR) is 79.1 cm³/mol. The first-order chi connectivity index (χ1) is 8.76. The summed E-state index contributed by atoms with van der Waals surface area (Å²) in [6.45, 7) is 5.87. The Labute approximate surface area is 120 Å². The number of rotatable bonds is 0. The molecule has 0 spiro atoms. The van der Waals surface area contributed by atoms with Crippen LogP contribution in [0.1, 0.15) is 26.3 Å². The molecule has 2 N–H and O–H groups in total. The van der Waals surface area contributed by atoms with E-state index in [4.69, 9.17) is 10.5 Å². The topological polar surface area (TPSA) is 68.5 Å². The predicted octanol–water partition coefficient (Wildman–Crippen LogP) is 3.15. The van der Waals surface area contributed by atoms with Gasteiger partial charge in [-0.1, -0.05) is 15.9 Å². The number of fused-ring (bicyclic) bond motifs is 1. The van der Waals surface area contributed by atoms with Crippen LogP contribution in [0, 0.1) is 0 Å². The molecule has 102 valence electrons. The molecule has 0 unspecified atom stereocenters. The number of ether oxygens (including phenoxy) is 1. The van der Waals surface area contributed by atoms with E-state index in [1.54, 1.807) is 6.07 Å². The Morgan fingerprint density at radius 2 is 2.16 bits per heavy atom. The average Bonchev–Trinajstić information content (AvgIpc) is 2.26. The highest BCUT2D eigenvalue weighted by Crippen LogP contribution is 2.31. The summed E-state index contributed by atoms with van der Waals surface area (Å²) in [7, 11) is 0. The van der Waals surface area contributed by atoms with Crippen molar-refractivity contribution in [2.45, 2.75) is 26.4 Å². The van der Waals surface area contributed by atoms with Crippen LogP contribution < -0.4 is 10.6 Å². The Hall–Kier alpha value is -1.56. The van der Waals surface area contributed by atoms with Gasteiger partial charge in [0.15, 0.2) is 0 Å². The number of anilines is 2. The number of hydrogen-bond donors (Lipinski definition) is 1. The van der Waals surface area contributed by atoms with E-state index in [2.05, 4.69) is 20.9 Å². The molecule has 19 heavy (non-hydrogen) atoms. The van der Waals surface area contributed by atoms with E-state index >= 15 is 0 Å². The molecule has 0 aromatic carbocycles. The molecule has 0 bridgehead atoms. The molecule has 1 aliphatic rings. The number of carbonyl (C=O) groups excluding carboxylic acids is 1. The standard InChI is InChI=1S/C13H16BrN3O2/c1-13(2,3)19-12(18)17-7-9(14)6-8-4-5-10(15)16-11(8)17/h4-6H,7H2,1-3H3,(H2,15,16). The van der Waals surface area contributed by atoms with Crippen LogP contribution >= 0.6 is 15.9 Å². The number of pyridine rings is 1. The van der Waals surface area contributed by atoms with Gasteiger partial charge < -0.3 is 10.5 Å². The van der Waals surface area contributed by atoms with Crippen LogP contribution in [-0.2, 0) is 4.74 Å². The Morgan fingerprint density at radius 3 is 2.79 bits per heavy atom. The van der Waals surface area contributed by atoms with E-state index < -0.39 is 11.7 Å². The van der Waals surface area contributed by atoms with Crippen LogP contribution in [-0.4, -0.2) is 23.2 Å². The lowest BCUT2D eigenvalue weighted by atomic mass is 10.1. The zero-order chi connectivity index (χ0) is 14.2. The van der Waals surface area contributed by atoms with Gasteiger partial charge in [-0.3, -0.25) is 4.90 Å². The van der Waals surface area contributed by atoms with Gasteiger partial charge in [-0.2, -0.15) is 0 Å². The number of carbonyl (C=O) groups is 1. The van der Waals surface area contributed by atoms with E-state index in [-0.39, 0.29) is 0 Å². The van der Waals surface area contributed by atoms with Crippen molar-refractivity contribution in [2.24, 2.45) is 0 Å². The molecule has 1 aromatic rings. The van der Waals surface area contributed by atoms with Gasteiger partial charge in [0, 0.05) is 10.0 Å². The van der Waals surface area contributed by atoms with Gasteiger partial charge in [-0.05, 0) is 39.0 Å². The van der Waals surface area contributed by atoms with Crippen molar-refractivity contribution in [2.75, 3.05) is 17.2 Å². The number of amides is 1. The van der Waals surface area contributed by atoms with Crippen molar-refractivity contribution in [1.82, 2.24) is 4.98 Å². The summed E-state index contributed by atoms with van der Waals surface area (Å²) in [6.07, 6.45) is 1.49. The zero-order valence-corrected chi connectivity index (χ0v) is 12.7. The van der Waals surface area contributed by atoms with Crippen molar-refractivity contribution in [1.29, 1.82) is 0 Å². The van der Waals surface area contributed by atoms with E-state index in [0.29, 0.717) is 18.2 Å². The SMILES string of the molecule is CC(C)(C)OC(=O)N1CC(Br)=Cc2ccc(N)nc21. The van der Waals surface area contributed by atoms with Crippen molar-refractivity contribution in [3.63, 3.8) is 0 Å². The molecule has 0 aliphatic carbocycles. The zero-order valence-electron chi connectivity index (χ0n) is 11.1. The largest absolute Gasteiger partial charge is 0.443 e. The molecule has 0 fully saturated rings. The third-order valence-corrected chi connectivity index (χ3v) is 2.90. The summed E-state index contributed by atoms with van der Waals surface area (Å²) in [5.74, 6) is 0.899. The lowest BCUT2D eigenvalue weighted by Gasteiger charge is -2.29.